The van der Waals surface area contributed by atoms with Gasteiger partial charge in [0.1, 0.15) is 0 Å². The summed E-state index contributed by atoms with van der Waals surface area (Å²) in [6.45, 7) is 0. The summed E-state index contributed by atoms with van der Waals surface area (Å²) in [6.07, 6.45) is 5.05. The first-order valence-corrected chi connectivity index (χ1v) is 5.51. The number of rotatable bonds is 3. The average Bonchev–Trinajstić information content (AvgIpc) is 2.11. The van der Waals surface area contributed by atoms with Gasteiger partial charge in [-0.2, -0.15) is 0 Å². The highest BCUT2D eigenvalue weighted by Gasteiger charge is 1.95. The van der Waals surface area contributed by atoms with Gasteiger partial charge in [0.2, 0.25) is 0 Å². The van der Waals surface area contributed by atoms with Crippen molar-refractivity contribution in [3.05, 3.63) is 34.9 Å². The van der Waals surface area contributed by atoms with E-state index in [1.54, 1.807) is 6.07 Å². The summed E-state index contributed by atoms with van der Waals surface area (Å²) in [6, 6.07) is 5.47. The molecule has 0 spiro atoms. The third-order valence-electron chi connectivity index (χ3n) is 1.62. The Hall–Kier alpha value is -0.470. The fraction of sp³-hybridized carbons (Fsp3) is 0.200. The first-order valence-electron chi connectivity index (χ1n) is 4.01. The number of halogens is 2. The quantitative estimate of drug-likeness (QED) is 0.650. The highest BCUT2D eigenvalue weighted by atomic mass is 79.9. The minimum absolute atomic E-state index is 0.715. The van der Waals surface area contributed by atoms with Crippen LogP contribution in [0.5, 0.6) is 0 Å². The predicted octanol–water partition coefficient (Wildman–Crippen LogP) is 3.72. The monoisotopic (exact) mass is 259 g/mol. The highest BCUT2D eigenvalue weighted by Crippen LogP contribution is 2.19. The molecule has 0 amide bonds. The third kappa shape index (κ3) is 3.41. The number of nitrogen functional groups attached to an aromatic ring is 1. The zero-order valence-corrected chi connectivity index (χ0v) is 9.48. The van der Waals surface area contributed by atoms with Crippen molar-refractivity contribution >= 4 is 39.3 Å². The number of anilines is 1. The lowest BCUT2D eigenvalue weighted by atomic mass is 10.1. The van der Waals surface area contributed by atoms with Crippen LogP contribution in [0.3, 0.4) is 0 Å². The van der Waals surface area contributed by atoms with Crippen LogP contribution in [0.2, 0.25) is 5.02 Å². The predicted molar refractivity (Wildman–Crippen MR) is 63.3 cm³/mol. The van der Waals surface area contributed by atoms with E-state index < -0.39 is 0 Å². The van der Waals surface area contributed by atoms with Crippen LogP contribution in [-0.4, -0.2) is 5.33 Å². The molecule has 0 aliphatic rings. The summed E-state index contributed by atoms with van der Waals surface area (Å²) in [7, 11) is 0. The Balaban J connectivity index is 2.81. The normalized spacial score (nSPS) is 10.9. The van der Waals surface area contributed by atoms with Crippen LogP contribution in [0.4, 0.5) is 5.69 Å². The zero-order chi connectivity index (χ0) is 9.68. The summed E-state index contributed by atoms with van der Waals surface area (Å²) in [5, 5.41) is 1.68. The molecule has 0 aliphatic carbocycles. The van der Waals surface area contributed by atoms with Crippen LogP contribution in [0.25, 0.3) is 6.08 Å². The minimum Gasteiger partial charge on any atom is -0.398 e. The Morgan fingerprint density at radius 3 is 2.92 bits per heavy atom. The van der Waals surface area contributed by atoms with Gasteiger partial charge >= 0.3 is 0 Å². The Morgan fingerprint density at radius 1 is 1.46 bits per heavy atom. The molecule has 0 saturated carbocycles. The molecule has 0 heterocycles. The maximum atomic E-state index is 5.83. The van der Waals surface area contributed by atoms with Crippen molar-refractivity contribution in [3.8, 4) is 0 Å². The Kier molecular flexibility index (Phi) is 4.33. The van der Waals surface area contributed by atoms with E-state index in [9.17, 15) is 0 Å². The van der Waals surface area contributed by atoms with Gasteiger partial charge in [-0.1, -0.05) is 39.7 Å². The van der Waals surface area contributed by atoms with Crippen LogP contribution in [0.1, 0.15) is 12.0 Å². The van der Waals surface area contributed by atoms with E-state index in [2.05, 4.69) is 22.0 Å². The highest BCUT2D eigenvalue weighted by molar-refractivity contribution is 9.09. The number of nitrogens with two attached hydrogens (primary N) is 1. The lowest BCUT2D eigenvalue weighted by molar-refractivity contribution is 1.27. The van der Waals surface area contributed by atoms with Gasteiger partial charge in [-0.25, -0.2) is 0 Å². The molecule has 0 atom stereocenters. The molecule has 13 heavy (non-hydrogen) atoms. The number of alkyl halides is 1. The van der Waals surface area contributed by atoms with Gasteiger partial charge in [-0.15, -0.1) is 0 Å². The first-order chi connectivity index (χ1) is 6.24. The molecule has 0 aromatic heterocycles. The molecular weight excluding hydrogens is 249 g/mol. The van der Waals surface area contributed by atoms with E-state index in [0.29, 0.717) is 5.02 Å². The Morgan fingerprint density at radius 2 is 2.23 bits per heavy atom. The molecule has 0 fully saturated rings. The molecular formula is C10H11BrClN. The van der Waals surface area contributed by atoms with Gasteiger partial charge in [-0.3, -0.25) is 0 Å². The maximum absolute atomic E-state index is 5.83. The topological polar surface area (TPSA) is 26.0 Å². The van der Waals surface area contributed by atoms with Crippen LogP contribution >= 0.6 is 27.5 Å². The fourth-order valence-electron chi connectivity index (χ4n) is 0.963. The molecule has 0 unspecified atom stereocenters. The Labute approximate surface area is 91.7 Å². The van der Waals surface area contributed by atoms with Crippen LogP contribution < -0.4 is 5.73 Å². The van der Waals surface area contributed by atoms with E-state index in [4.69, 9.17) is 17.3 Å². The average molecular weight is 261 g/mol. The maximum Gasteiger partial charge on any atom is 0.0413 e. The largest absolute Gasteiger partial charge is 0.398 e. The molecule has 0 bridgehead atoms. The standard InChI is InChI=1S/C10H11BrClN/c11-6-2-1-3-8-7-9(12)4-5-10(8)13/h1,3-5,7H,2,6,13H2. The van der Waals surface area contributed by atoms with Crippen molar-refractivity contribution < 1.29 is 0 Å². The van der Waals surface area contributed by atoms with Gasteiger partial charge in [0.25, 0.3) is 0 Å². The van der Waals surface area contributed by atoms with Crippen LogP contribution in [0.15, 0.2) is 24.3 Å². The molecule has 1 nitrogen and oxygen atoms in total. The minimum atomic E-state index is 0.715. The van der Waals surface area contributed by atoms with Crippen molar-refractivity contribution in [1.82, 2.24) is 0 Å². The molecule has 1 rings (SSSR count). The van der Waals surface area contributed by atoms with E-state index >= 15 is 0 Å². The second kappa shape index (κ2) is 5.30. The van der Waals surface area contributed by atoms with E-state index in [-0.39, 0.29) is 0 Å². The van der Waals surface area contributed by atoms with Gasteiger partial charge in [0.05, 0.1) is 0 Å². The molecule has 70 valence electrons. The van der Waals surface area contributed by atoms with Crippen molar-refractivity contribution in [1.29, 1.82) is 0 Å². The molecule has 1 aromatic carbocycles. The second-order valence-corrected chi connectivity index (χ2v) is 3.88. The van der Waals surface area contributed by atoms with E-state index in [0.717, 1.165) is 23.0 Å². The number of allylic oxidation sites excluding steroid dienone is 1. The van der Waals surface area contributed by atoms with Gasteiger partial charge < -0.3 is 5.73 Å². The van der Waals surface area contributed by atoms with Gasteiger partial charge in [0, 0.05) is 16.0 Å². The number of benzene rings is 1. The fourth-order valence-corrected chi connectivity index (χ4v) is 1.41. The summed E-state index contributed by atoms with van der Waals surface area (Å²) >= 11 is 9.18. The summed E-state index contributed by atoms with van der Waals surface area (Å²) in [5.74, 6) is 0. The van der Waals surface area contributed by atoms with E-state index in [1.165, 1.54) is 0 Å². The molecule has 0 saturated heterocycles. The smallest absolute Gasteiger partial charge is 0.0413 e. The second-order valence-electron chi connectivity index (χ2n) is 2.65. The Bertz CT molecular complexity index is 310. The molecule has 2 N–H and O–H groups in total. The number of hydrogen-bond acceptors (Lipinski definition) is 1. The summed E-state index contributed by atoms with van der Waals surface area (Å²) in [4.78, 5) is 0. The third-order valence-corrected chi connectivity index (χ3v) is 2.31. The summed E-state index contributed by atoms with van der Waals surface area (Å²) in [5.41, 5.74) is 7.49. The van der Waals surface area contributed by atoms with Crippen molar-refractivity contribution in [2.75, 3.05) is 11.1 Å². The van der Waals surface area contributed by atoms with Crippen LogP contribution in [0, 0.1) is 0 Å². The lowest BCUT2D eigenvalue weighted by Crippen LogP contribution is -1.88. The van der Waals surface area contributed by atoms with Gasteiger partial charge in [-0.05, 0) is 30.2 Å². The molecule has 0 aliphatic heterocycles. The SMILES string of the molecule is Nc1ccc(Cl)cc1C=CCCBr. The summed E-state index contributed by atoms with van der Waals surface area (Å²) < 4.78 is 0. The first kappa shape index (κ1) is 10.6. The molecule has 1 aromatic rings. The van der Waals surface area contributed by atoms with Gasteiger partial charge in [0.15, 0.2) is 0 Å². The molecule has 3 heteroatoms. The van der Waals surface area contributed by atoms with Crippen LogP contribution in [-0.2, 0) is 0 Å². The van der Waals surface area contributed by atoms with Crippen molar-refractivity contribution in [3.63, 3.8) is 0 Å². The van der Waals surface area contributed by atoms with E-state index in [1.807, 2.05) is 18.2 Å². The van der Waals surface area contributed by atoms with Crippen molar-refractivity contribution in [2.45, 2.75) is 6.42 Å². The zero-order valence-electron chi connectivity index (χ0n) is 7.13. The lowest BCUT2D eigenvalue weighted by Gasteiger charge is -1.99. The molecule has 0 radical (unpaired) electrons. The van der Waals surface area contributed by atoms with Crippen molar-refractivity contribution in [2.24, 2.45) is 0 Å². The number of hydrogen-bond donors (Lipinski definition) is 1.